The third-order valence-corrected chi connectivity index (χ3v) is 5.11. The molecule has 1 aliphatic heterocycles. The molecule has 1 saturated heterocycles. The highest BCUT2D eigenvalue weighted by molar-refractivity contribution is 7.13. The highest BCUT2D eigenvalue weighted by atomic mass is 32.1. The van der Waals surface area contributed by atoms with E-state index in [0.717, 1.165) is 47.8 Å². The lowest BCUT2D eigenvalue weighted by atomic mass is 10.2. The summed E-state index contributed by atoms with van der Waals surface area (Å²) in [5.74, 6) is 0.305. The molecule has 5 nitrogen and oxygen atoms in total. The van der Waals surface area contributed by atoms with Crippen LogP contribution in [0.25, 0.3) is 21.8 Å². The van der Waals surface area contributed by atoms with Crippen molar-refractivity contribution >= 4 is 17.2 Å². The average Bonchev–Trinajstić information content (AvgIpc) is 3.34. The number of phenols is 1. The largest absolute Gasteiger partial charge is 0.508 e. The molecule has 2 N–H and O–H groups in total. The third-order valence-electron chi connectivity index (χ3n) is 4.22. The predicted octanol–water partition coefficient (Wildman–Crippen LogP) is 3.75. The van der Waals surface area contributed by atoms with Crippen LogP contribution in [0.5, 0.6) is 5.75 Å². The summed E-state index contributed by atoms with van der Waals surface area (Å²) >= 11 is 1.54. The quantitative estimate of drug-likeness (QED) is 0.763. The van der Waals surface area contributed by atoms with E-state index in [0.29, 0.717) is 5.69 Å². The summed E-state index contributed by atoms with van der Waals surface area (Å²) < 4.78 is 0. The maximum absolute atomic E-state index is 12.4. The van der Waals surface area contributed by atoms with Gasteiger partial charge in [0.2, 0.25) is 0 Å². The van der Waals surface area contributed by atoms with Gasteiger partial charge in [-0.2, -0.15) is 0 Å². The van der Waals surface area contributed by atoms with E-state index in [1.165, 1.54) is 0 Å². The summed E-state index contributed by atoms with van der Waals surface area (Å²) in [4.78, 5) is 22.0. The van der Waals surface area contributed by atoms with Crippen LogP contribution in [0, 0.1) is 0 Å². The molecule has 3 aromatic rings. The Labute approximate surface area is 143 Å². The Hall–Kier alpha value is -2.60. The number of aromatic amines is 1. The summed E-state index contributed by atoms with van der Waals surface area (Å²) in [6.45, 7) is 1.68. The number of hydrogen-bond acceptors (Lipinski definition) is 4. The van der Waals surface area contributed by atoms with Gasteiger partial charge in [0.25, 0.3) is 5.91 Å². The van der Waals surface area contributed by atoms with E-state index in [-0.39, 0.29) is 11.7 Å². The number of rotatable bonds is 3. The van der Waals surface area contributed by atoms with Crippen LogP contribution in [-0.2, 0) is 0 Å². The number of aromatic hydroxyl groups is 1. The average molecular weight is 339 g/mol. The molecule has 122 valence electrons. The number of nitrogens with zero attached hydrogens (tertiary/aromatic N) is 2. The van der Waals surface area contributed by atoms with E-state index < -0.39 is 0 Å². The number of thiazole rings is 1. The normalized spacial score (nSPS) is 14.2. The Balaban J connectivity index is 1.56. The molecule has 0 spiro atoms. The van der Waals surface area contributed by atoms with Gasteiger partial charge in [-0.05, 0) is 43.2 Å². The summed E-state index contributed by atoms with van der Waals surface area (Å²) in [5, 5.41) is 12.2. The lowest BCUT2D eigenvalue weighted by molar-refractivity contribution is 0.0788. The Morgan fingerprint density at radius 3 is 2.67 bits per heavy atom. The van der Waals surface area contributed by atoms with Crippen LogP contribution < -0.4 is 0 Å². The first-order valence-electron chi connectivity index (χ1n) is 7.94. The van der Waals surface area contributed by atoms with Crippen molar-refractivity contribution in [3.8, 4) is 27.6 Å². The van der Waals surface area contributed by atoms with Gasteiger partial charge in [-0.1, -0.05) is 0 Å². The first kappa shape index (κ1) is 15.0. The van der Waals surface area contributed by atoms with Gasteiger partial charge in [-0.25, -0.2) is 4.98 Å². The molecule has 1 aromatic carbocycles. The number of carbonyl (C=O) groups is 1. The van der Waals surface area contributed by atoms with Gasteiger partial charge in [0, 0.05) is 35.8 Å². The number of likely N-dealkylation sites (tertiary alicyclic amines) is 1. The molecule has 24 heavy (non-hydrogen) atoms. The SMILES string of the molecule is O=C(c1cc(-c2csc(-c3ccc(O)cc3)n2)c[nH]1)N1CCCC1. The standard InChI is InChI=1S/C18H17N3O2S/c22-14-5-3-12(4-6-14)17-20-16(11-24-17)13-9-15(19-10-13)18(23)21-7-1-2-8-21/h3-6,9-11,19,22H,1-2,7-8H2. The number of hydrogen-bond donors (Lipinski definition) is 2. The molecule has 1 fully saturated rings. The Kier molecular flexibility index (Phi) is 3.82. The van der Waals surface area contributed by atoms with Crippen molar-refractivity contribution in [2.24, 2.45) is 0 Å². The monoisotopic (exact) mass is 339 g/mol. The Bertz CT molecular complexity index is 861. The smallest absolute Gasteiger partial charge is 0.270 e. The minimum absolute atomic E-state index is 0.0627. The molecule has 1 aliphatic rings. The lowest BCUT2D eigenvalue weighted by Crippen LogP contribution is -2.27. The second-order valence-electron chi connectivity index (χ2n) is 5.89. The predicted molar refractivity (Wildman–Crippen MR) is 94.1 cm³/mol. The van der Waals surface area contributed by atoms with Gasteiger partial charge in [-0.3, -0.25) is 4.79 Å². The molecular weight excluding hydrogens is 322 g/mol. The topological polar surface area (TPSA) is 69.2 Å². The van der Waals surface area contributed by atoms with Gasteiger partial charge in [0.15, 0.2) is 0 Å². The molecule has 0 atom stereocenters. The first-order chi connectivity index (χ1) is 11.7. The maximum Gasteiger partial charge on any atom is 0.270 e. The van der Waals surface area contributed by atoms with E-state index >= 15 is 0 Å². The number of H-pyrrole nitrogens is 1. The summed E-state index contributed by atoms with van der Waals surface area (Å²) in [6.07, 6.45) is 4.00. The van der Waals surface area contributed by atoms with Gasteiger partial charge >= 0.3 is 0 Å². The van der Waals surface area contributed by atoms with E-state index in [9.17, 15) is 9.90 Å². The molecular formula is C18H17N3O2S. The van der Waals surface area contributed by atoms with E-state index in [4.69, 9.17) is 0 Å². The lowest BCUT2D eigenvalue weighted by Gasteiger charge is -2.13. The molecule has 0 bridgehead atoms. The number of carbonyl (C=O) groups excluding carboxylic acids is 1. The second-order valence-corrected chi connectivity index (χ2v) is 6.74. The molecule has 2 aromatic heterocycles. The van der Waals surface area contributed by atoms with Crippen LogP contribution in [0.15, 0.2) is 41.9 Å². The minimum atomic E-state index is 0.0627. The van der Waals surface area contributed by atoms with Crippen LogP contribution in [0.3, 0.4) is 0 Å². The third kappa shape index (κ3) is 2.80. The fraction of sp³-hybridized carbons (Fsp3) is 0.222. The zero-order valence-electron chi connectivity index (χ0n) is 13.0. The van der Waals surface area contributed by atoms with Crippen molar-refractivity contribution in [3.05, 3.63) is 47.6 Å². The van der Waals surface area contributed by atoms with Crippen molar-refractivity contribution in [1.29, 1.82) is 0 Å². The zero-order valence-corrected chi connectivity index (χ0v) is 13.8. The number of phenolic OH excluding ortho intramolecular Hbond substituents is 1. The van der Waals surface area contributed by atoms with Gasteiger partial charge in [-0.15, -0.1) is 11.3 Å². The van der Waals surface area contributed by atoms with Gasteiger partial charge in [0.05, 0.1) is 5.69 Å². The van der Waals surface area contributed by atoms with Crippen LogP contribution in [0.1, 0.15) is 23.3 Å². The van der Waals surface area contributed by atoms with E-state index in [2.05, 4.69) is 9.97 Å². The van der Waals surface area contributed by atoms with Crippen LogP contribution >= 0.6 is 11.3 Å². The number of benzene rings is 1. The van der Waals surface area contributed by atoms with Crippen molar-refractivity contribution in [2.75, 3.05) is 13.1 Å². The summed E-state index contributed by atoms with van der Waals surface area (Å²) in [6, 6.07) is 8.87. The van der Waals surface area contributed by atoms with Crippen LogP contribution in [0.4, 0.5) is 0 Å². The molecule has 4 rings (SSSR count). The van der Waals surface area contributed by atoms with Crippen molar-refractivity contribution in [2.45, 2.75) is 12.8 Å². The van der Waals surface area contributed by atoms with Crippen LogP contribution in [0.2, 0.25) is 0 Å². The highest BCUT2D eigenvalue weighted by Crippen LogP contribution is 2.30. The number of amides is 1. The molecule has 0 saturated carbocycles. The van der Waals surface area contributed by atoms with E-state index in [1.807, 2.05) is 34.7 Å². The minimum Gasteiger partial charge on any atom is -0.508 e. The maximum atomic E-state index is 12.4. The fourth-order valence-electron chi connectivity index (χ4n) is 2.90. The zero-order chi connectivity index (χ0) is 16.5. The first-order valence-corrected chi connectivity index (χ1v) is 8.82. The molecule has 3 heterocycles. The molecule has 0 aliphatic carbocycles. The summed E-state index contributed by atoms with van der Waals surface area (Å²) in [7, 11) is 0. The summed E-state index contributed by atoms with van der Waals surface area (Å²) in [5.41, 5.74) is 3.35. The van der Waals surface area contributed by atoms with Gasteiger partial charge in [0.1, 0.15) is 16.5 Å². The molecule has 0 unspecified atom stereocenters. The Morgan fingerprint density at radius 2 is 1.92 bits per heavy atom. The molecule has 6 heteroatoms. The van der Waals surface area contributed by atoms with Crippen molar-refractivity contribution in [3.63, 3.8) is 0 Å². The fourth-order valence-corrected chi connectivity index (χ4v) is 3.73. The van der Waals surface area contributed by atoms with E-state index in [1.54, 1.807) is 23.5 Å². The highest BCUT2D eigenvalue weighted by Gasteiger charge is 2.21. The molecule has 1 amide bonds. The molecule has 0 radical (unpaired) electrons. The number of aromatic nitrogens is 2. The Morgan fingerprint density at radius 1 is 1.17 bits per heavy atom. The van der Waals surface area contributed by atoms with Crippen molar-refractivity contribution in [1.82, 2.24) is 14.9 Å². The number of nitrogens with one attached hydrogen (secondary N) is 1. The van der Waals surface area contributed by atoms with Crippen LogP contribution in [-0.4, -0.2) is 39.0 Å². The second kappa shape index (κ2) is 6.13. The van der Waals surface area contributed by atoms with Crippen molar-refractivity contribution < 1.29 is 9.90 Å². The van der Waals surface area contributed by atoms with Gasteiger partial charge < -0.3 is 15.0 Å².